The Kier molecular flexibility index (Phi) is 4.50. The van der Waals surface area contributed by atoms with Crippen LogP contribution in [0.1, 0.15) is 16.1 Å². The Balaban J connectivity index is 2.10. The molecule has 0 saturated heterocycles. The minimum Gasteiger partial charge on any atom is -0.467 e. The molecular weight excluding hydrogens is 276 g/mol. The molecule has 110 valence electrons. The van der Waals surface area contributed by atoms with Crippen molar-refractivity contribution in [2.24, 2.45) is 0 Å². The minimum atomic E-state index is -0.852. The van der Waals surface area contributed by atoms with Gasteiger partial charge in [0.2, 0.25) is 5.56 Å². The summed E-state index contributed by atoms with van der Waals surface area (Å²) in [5, 5.41) is 2.56. The lowest BCUT2D eigenvalue weighted by atomic mass is 10.1. The summed E-state index contributed by atoms with van der Waals surface area (Å²) in [7, 11) is 1.24. The van der Waals surface area contributed by atoms with E-state index < -0.39 is 17.9 Å². The van der Waals surface area contributed by atoms with Crippen LogP contribution in [0, 0.1) is 0 Å². The predicted octanol–water partition coefficient (Wildman–Crippen LogP) is -0.388. The first kappa shape index (κ1) is 14.5. The molecule has 0 saturated carbocycles. The van der Waals surface area contributed by atoms with Crippen molar-refractivity contribution in [2.45, 2.75) is 12.5 Å². The van der Waals surface area contributed by atoms with E-state index >= 15 is 0 Å². The average Bonchev–Trinajstić information content (AvgIpc) is 2.99. The number of hydrogen-bond acceptors (Lipinski definition) is 5. The van der Waals surface area contributed by atoms with Gasteiger partial charge in [-0.25, -0.2) is 9.78 Å². The lowest BCUT2D eigenvalue weighted by Crippen LogP contribution is -2.43. The number of esters is 1. The first-order valence-electron chi connectivity index (χ1n) is 6.15. The second kappa shape index (κ2) is 6.51. The first-order valence-corrected chi connectivity index (χ1v) is 6.15. The lowest BCUT2D eigenvalue weighted by molar-refractivity contribution is -0.142. The highest BCUT2D eigenvalue weighted by Gasteiger charge is 2.23. The van der Waals surface area contributed by atoms with Crippen LogP contribution in [0.25, 0.3) is 0 Å². The number of aromatic nitrogens is 3. The summed E-state index contributed by atoms with van der Waals surface area (Å²) < 4.78 is 4.67. The first-order chi connectivity index (χ1) is 10.1. The predicted molar refractivity (Wildman–Crippen MR) is 72.6 cm³/mol. The fourth-order valence-corrected chi connectivity index (χ4v) is 1.75. The summed E-state index contributed by atoms with van der Waals surface area (Å²) in [5.74, 6) is -1.05. The average molecular weight is 290 g/mol. The van der Waals surface area contributed by atoms with Gasteiger partial charge < -0.3 is 20.0 Å². The number of carbonyl (C=O) groups excluding carboxylic acids is 2. The van der Waals surface area contributed by atoms with Gasteiger partial charge in [0.1, 0.15) is 6.04 Å². The summed E-state index contributed by atoms with van der Waals surface area (Å²) in [6.45, 7) is 0. The fourth-order valence-electron chi connectivity index (χ4n) is 1.75. The van der Waals surface area contributed by atoms with E-state index in [0.717, 1.165) is 0 Å². The monoisotopic (exact) mass is 290 g/mol. The molecule has 0 aliphatic carbocycles. The Bertz CT molecular complexity index is 657. The largest absolute Gasteiger partial charge is 0.467 e. The van der Waals surface area contributed by atoms with Crippen LogP contribution in [-0.2, 0) is 16.0 Å². The molecule has 0 bridgehead atoms. The molecule has 3 N–H and O–H groups in total. The summed E-state index contributed by atoms with van der Waals surface area (Å²) >= 11 is 0. The SMILES string of the molecule is COC(=O)[C@H](Cc1cnc[nH]1)NC(=O)c1ccc(=O)[nH]c1. The topological polar surface area (TPSA) is 117 Å². The molecule has 0 radical (unpaired) electrons. The van der Waals surface area contributed by atoms with Gasteiger partial charge in [0.15, 0.2) is 0 Å². The summed E-state index contributed by atoms with van der Waals surface area (Å²) in [6.07, 6.45) is 4.54. The smallest absolute Gasteiger partial charge is 0.328 e. The Morgan fingerprint density at radius 2 is 2.19 bits per heavy atom. The van der Waals surface area contributed by atoms with Gasteiger partial charge in [-0.15, -0.1) is 0 Å². The lowest BCUT2D eigenvalue weighted by Gasteiger charge is -2.15. The number of pyridine rings is 1. The number of methoxy groups -OCH3 is 1. The molecule has 0 aliphatic heterocycles. The van der Waals surface area contributed by atoms with Crippen LogP contribution in [0.15, 0.2) is 35.6 Å². The molecule has 0 spiro atoms. The molecule has 8 heteroatoms. The standard InChI is InChI=1S/C13H14N4O4/c1-21-13(20)10(4-9-6-14-7-16-9)17-12(19)8-2-3-11(18)15-5-8/h2-3,5-7,10H,4H2,1H3,(H,14,16)(H,15,18)(H,17,19)/t10-/m0/s1. The molecule has 1 atom stereocenters. The highest BCUT2D eigenvalue weighted by atomic mass is 16.5. The molecular formula is C13H14N4O4. The minimum absolute atomic E-state index is 0.224. The summed E-state index contributed by atoms with van der Waals surface area (Å²) in [4.78, 5) is 43.8. The number of hydrogen-bond donors (Lipinski definition) is 3. The highest BCUT2D eigenvalue weighted by molar-refractivity contribution is 5.96. The number of aromatic amines is 2. The molecule has 2 aromatic rings. The molecule has 8 nitrogen and oxygen atoms in total. The molecule has 2 aromatic heterocycles. The van der Waals surface area contributed by atoms with Gasteiger partial charge in [-0.05, 0) is 6.07 Å². The maximum Gasteiger partial charge on any atom is 0.328 e. The van der Waals surface area contributed by atoms with E-state index in [9.17, 15) is 14.4 Å². The van der Waals surface area contributed by atoms with E-state index in [1.807, 2.05) is 0 Å². The third-order valence-corrected chi connectivity index (χ3v) is 2.82. The van der Waals surface area contributed by atoms with Crippen molar-refractivity contribution >= 4 is 11.9 Å². The van der Waals surface area contributed by atoms with Crippen LogP contribution in [-0.4, -0.2) is 40.0 Å². The van der Waals surface area contributed by atoms with Gasteiger partial charge in [-0.1, -0.05) is 0 Å². The highest BCUT2D eigenvalue weighted by Crippen LogP contribution is 2.02. The van der Waals surface area contributed by atoms with Crippen LogP contribution < -0.4 is 10.9 Å². The second-order valence-electron chi connectivity index (χ2n) is 4.27. The zero-order chi connectivity index (χ0) is 15.2. The van der Waals surface area contributed by atoms with E-state index in [1.165, 1.54) is 31.8 Å². The van der Waals surface area contributed by atoms with E-state index in [2.05, 4.69) is 25.0 Å². The van der Waals surface area contributed by atoms with Crippen LogP contribution in [0.5, 0.6) is 0 Å². The Hall–Kier alpha value is -2.90. The van der Waals surface area contributed by atoms with Crippen molar-refractivity contribution in [3.05, 3.63) is 52.5 Å². The van der Waals surface area contributed by atoms with Crippen molar-refractivity contribution in [2.75, 3.05) is 7.11 Å². The fraction of sp³-hybridized carbons (Fsp3) is 0.231. The van der Waals surface area contributed by atoms with Gasteiger partial charge in [-0.2, -0.15) is 0 Å². The Morgan fingerprint density at radius 1 is 1.38 bits per heavy atom. The van der Waals surface area contributed by atoms with Crippen molar-refractivity contribution in [1.29, 1.82) is 0 Å². The number of ether oxygens (including phenoxy) is 1. The van der Waals surface area contributed by atoms with Gasteiger partial charge in [0, 0.05) is 30.6 Å². The van der Waals surface area contributed by atoms with Crippen LogP contribution >= 0.6 is 0 Å². The zero-order valence-corrected chi connectivity index (χ0v) is 11.3. The maximum atomic E-state index is 12.0. The van der Waals surface area contributed by atoms with Crippen LogP contribution in [0.4, 0.5) is 0 Å². The van der Waals surface area contributed by atoms with Crippen molar-refractivity contribution in [3.63, 3.8) is 0 Å². The van der Waals surface area contributed by atoms with Crippen molar-refractivity contribution in [1.82, 2.24) is 20.3 Å². The molecule has 0 fully saturated rings. The van der Waals surface area contributed by atoms with E-state index in [4.69, 9.17) is 0 Å². The molecule has 21 heavy (non-hydrogen) atoms. The number of nitrogens with zero attached hydrogens (tertiary/aromatic N) is 1. The normalized spacial score (nSPS) is 11.7. The molecule has 1 amide bonds. The number of carbonyl (C=O) groups is 2. The maximum absolute atomic E-state index is 12.0. The molecule has 0 aliphatic rings. The molecule has 2 heterocycles. The van der Waals surface area contributed by atoms with Crippen molar-refractivity contribution in [3.8, 4) is 0 Å². The van der Waals surface area contributed by atoms with Gasteiger partial charge in [0.25, 0.3) is 5.91 Å². The van der Waals surface area contributed by atoms with E-state index in [-0.39, 0.29) is 17.5 Å². The molecule has 0 unspecified atom stereocenters. The third kappa shape index (κ3) is 3.78. The van der Waals surface area contributed by atoms with Crippen LogP contribution in [0.2, 0.25) is 0 Å². The van der Waals surface area contributed by atoms with Crippen molar-refractivity contribution < 1.29 is 14.3 Å². The van der Waals surface area contributed by atoms with Gasteiger partial charge >= 0.3 is 5.97 Å². The number of rotatable bonds is 5. The van der Waals surface area contributed by atoms with Crippen LogP contribution in [0.3, 0.4) is 0 Å². The number of amides is 1. The van der Waals surface area contributed by atoms with E-state index in [0.29, 0.717) is 5.69 Å². The second-order valence-corrected chi connectivity index (χ2v) is 4.27. The summed E-state index contributed by atoms with van der Waals surface area (Å²) in [6, 6.07) is 1.75. The third-order valence-electron chi connectivity index (χ3n) is 2.82. The Labute approximate surface area is 119 Å². The zero-order valence-electron chi connectivity index (χ0n) is 11.3. The van der Waals surface area contributed by atoms with E-state index in [1.54, 1.807) is 6.20 Å². The summed E-state index contributed by atoms with van der Waals surface area (Å²) in [5.41, 5.74) is 0.619. The quantitative estimate of drug-likeness (QED) is 0.648. The Morgan fingerprint density at radius 3 is 2.76 bits per heavy atom. The van der Waals surface area contributed by atoms with Gasteiger partial charge in [0.05, 0.1) is 19.0 Å². The number of nitrogens with one attached hydrogen (secondary N) is 3. The van der Waals surface area contributed by atoms with Gasteiger partial charge in [-0.3, -0.25) is 9.59 Å². The number of H-pyrrole nitrogens is 2. The molecule has 2 rings (SSSR count). The number of imidazole rings is 1. The molecule has 0 aromatic carbocycles.